The van der Waals surface area contributed by atoms with E-state index in [0.29, 0.717) is 11.8 Å². The molecule has 4 heteroatoms. The molecule has 2 rings (SSSR count). The molecule has 3 atom stereocenters. The van der Waals surface area contributed by atoms with Crippen molar-refractivity contribution < 1.29 is 8.42 Å². The smallest absolute Gasteiger partial charge is 0.151 e. The largest absolute Gasteiger partial charge is 0.324 e. The standard InChI is InChI=1S/C10H19NO2S/c1-7(14(2,12)13)10(11)8-5-3-4-6-9(8)10/h7-9H,3-6,11H2,1-2H3. The summed E-state index contributed by atoms with van der Waals surface area (Å²) in [5, 5.41) is -0.372. The van der Waals surface area contributed by atoms with Gasteiger partial charge in [0.05, 0.1) is 5.25 Å². The van der Waals surface area contributed by atoms with Gasteiger partial charge in [-0.2, -0.15) is 0 Å². The van der Waals surface area contributed by atoms with Gasteiger partial charge in [0.1, 0.15) is 0 Å². The van der Waals surface area contributed by atoms with Crippen molar-refractivity contribution in [1.82, 2.24) is 0 Å². The number of nitrogens with two attached hydrogens (primary N) is 1. The average Bonchev–Trinajstić information content (AvgIpc) is 2.72. The molecule has 82 valence electrons. The first-order valence-electron chi connectivity index (χ1n) is 5.36. The van der Waals surface area contributed by atoms with E-state index in [-0.39, 0.29) is 5.25 Å². The highest BCUT2D eigenvalue weighted by atomic mass is 32.2. The minimum Gasteiger partial charge on any atom is -0.324 e. The first-order valence-corrected chi connectivity index (χ1v) is 7.31. The molecule has 0 aliphatic heterocycles. The maximum absolute atomic E-state index is 11.5. The van der Waals surface area contributed by atoms with Crippen molar-refractivity contribution in [2.45, 2.75) is 43.4 Å². The molecule has 2 aliphatic carbocycles. The van der Waals surface area contributed by atoms with E-state index in [0.717, 1.165) is 12.8 Å². The van der Waals surface area contributed by atoms with E-state index in [1.807, 2.05) is 0 Å². The lowest BCUT2D eigenvalue weighted by molar-refractivity contribution is 0.480. The van der Waals surface area contributed by atoms with Gasteiger partial charge >= 0.3 is 0 Å². The SMILES string of the molecule is CC(C1(N)C2CCCCC21)S(C)(=O)=O. The molecule has 2 aliphatic rings. The number of sulfone groups is 1. The first kappa shape index (κ1) is 10.4. The quantitative estimate of drug-likeness (QED) is 0.748. The van der Waals surface area contributed by atoms with E-state index in [2.05, 4.69) is 0 Å². The molecule has 0 bridgehead atoms. The van der Waals surface area contributed by atoms with Crippen LogP contribution in [0.15, 0.2) is 0 Å². The lowest BCUT2D eigenvalue weighted by Gasteiger charge is -2.19. The summed E-state index contributed by atoms with van der Waals surface area (Å²) in [4.78, 5) is 0. The first-order chi connectivity index (χ1) is 6.38. The Labute approximate surface area is 86.0 Å². The van der Waals surface area contributed by atoms with Crippen LogP contribution in [0.1, 0.15) is 32.6 Å². The van der Waals surface area contributed by atoms with Gasteiger partial charge in [-0.15, -0.1) is 0 Å². The van der Waals surface area contributed by atoms with Gasteiger partial charge in [-0.1, -0.05) is 12.8 Å². The van der Waals surface area contributed by atoms with Gasteiger partial charge in [0.2, 0.25) is 0 Å². The van der Waals surface area contributed by atoms with Gasteiger partial charge in [0.25, 0.3) is 0 Å². The molecule has 0 aromatic rings. The van der Waals surface area contributed by atoms with Gasteiger partial charge in [-0.3, -0.25) is 0 Å². The van der Waals surface area contributed by atoms with Gasteiger partial charge in [-0.05, 0) is 31.6 Å². The van der Waals surface area contributed by atoms with Crippen LogP contribution in [0.3, 0.4) is 0 Å². The van der Waals surface area contributed by atoms with Crippen molar-refractivity contribution in [1.29, 1.82) is 0 Å². The Balaban J connectivity index is 2.19. The Kier molecular flexibility index (Phi) is 2.20. The summed E-state index contributed by atoms with van der Waals surface area (Å²) in [5.74, 6) is 0.946. The number of hydrogen-bond acceptors (Lipinski definition) is 3. The van der Waals surface area contributed by atoms with E-state index >= 15 is 0 Å². The topological polar surface area (TPSA) is 60.2 Å². The fourth-order valence-electron chi connectivity index (χ4n) is 3.19. The molecule has 0 aromatic carbocycles. The van der Waals surface area contributed by atoms with Crippen molar-refractivity contribution in [2.75, 3.05) is 6.26 Å². The maximum atomic E-state index is 11.5. The lowest BCUT2D eigenvalue weighted by Crippen LogP contribution is -2.43. The number of fused-ring (bicyclic) bond motifs is 1. The second-order valence-electron chi connectivity index (χ2n) is 4.97. The third kappa shape index (κ3) is 1.31. The summed E-state index contributed by atoms with van der Waals surface area (Å²) in [6, 6.07) is 0. The van der Waals surface area contributed by atoms with Gasteiger partial charge in [-0.25, -0.2) is 8.42 Å². The Morgan fingerprint density at radius 3 is 2.07 bits per heavy atom. The zero-order chi connectivity index (χ0) is 10.6. The molecule has 0 aromatic heterocycles. The highest BCUT2D eigenvalue weighted by Gasteiger charge is 2.66. The Bertz CT molecular complexity index is 324. The van der Waals surface area contributed by atoms with E-state index < -0.39 is 15.4 Å². The molecule has 2 saturated carbocycles. The van der Waals surface area contributed by atoms with Crippen molar-refractivity contribution >= 4 is 9.84 Å². The molecule has 3 nitrogen and oxygen atoms in total. The summed E-state index contributed by atoms with van der Waals surface area (Å²) in [6.45, 7) is 1.77. The molecule has 3 unspecified atom stereocenters. The van der Waals surface area contributed by atoms with Crippen molar-refractivity contribution in [3.05, 3.63) is 0 Å². The third-order valence-corrected chi connectivity index (χ3v) is 5.98. The Hall–Kier alpha value is -0.0900. The number of rotatable bonds is 2. The Morgan fingerprint density at radius 2 is 1.71 bits per heavy atom. The van der Waals surface area contributed by atoms with E-state index in [4.69, 9.17) is 5.73 Å². The summed E-state index contributed by atoms with van der Waals surface area (Å²) in [7, 11) is -2.98. The van der Waals surface area contributed by atoms with Crippen LogP contribution >= 0.6 is 0 Å². The minimum atomic E-state index is -2.98. The van der Waals surface area contributed by atoms with Crippen molar-refractivity contribution in [2.24, 2.45) is 17.6 Å². The van der Waals surface area contributed by atoms with E-state index in [1.54, 1.807) is 6.92 Å². The molecule has 2 fully saturated rings. The van der Waals surface area contributed by atoms with Crippen molar-refractivity contribution in [3.63, 3.8) is 0 Å². The molecule has 14 heavy (non-hydrogen) atoms. The van der Waals surface area contributed by atoms with E-state index in [1.165, 1.54) is 19.1 Å². The van der Waals surface area contributed by atoms with Crippen LogP contribution in [0, 0.1) is 11.8 Å². The normalized spacial score (nSPS) is 44.2. The van der Waals surface area contributed by atoms with Crippen LogP contribution in [0.25, 0.3) is 0 Å². The second kappa shape index (κ2) is 2.95. The zero-order valence-electron chi connectivity index (χ0n) is 8.86. The van der Waals surface area contributed by atoms with Crippen LogP contribution in [-0.4, -0.2) is 25.5 Å². The third-order valence-electron chi connectivity index (χ3n) is 4.29. The molecule has 0 amide bonds. The monoisotopic (exact) mass is 217 g/mol. The lowest BCUT2D eigenvalue weighted by atomic mass is 10.0. The molecule has 0 radical (unpaired) electrons. The molecule has 0 heterocycles. The predicted octanol–water partition coefficient (Wildman–Crippen LogP) is 0.937. The molecular weight excluding hydrogens is 198 g/mol. The van der Waals surface area contributed by atoms with Crippen LogP contribution < -0.4 is 5.73 Å². The molecule has 2 N–H and O–H groups in total. The number of hydrogen-bond donors (Lipinski definition) is 1. The van der Waals surface area contributed by atoms with Gasteiger partial charge in [0, 0.05) is 11.8 Å². The van der Waals surface area contributed by atoms with Gasteiger partial charge < -0.3 is 5.73 Å². The fourth-order valence-corrected chi connectivity index (χ4v) is 4.28. The maximum Gasteiger partial charge on any atom is 0.151 e. The molecular formula is C10H19NO2S. The van der Waals surface area contributed by atoms with Crippen LogP contribution in [-0.2, 0) is 9.84 Å². The Morgan fingerprint density at radius 1 is 1.29 bits per heavy atom. The van der Waals surface area contributed by atoms with Gasteiger partial charge in [0.15, 0.2) is 9.84 Å². The summed E-state index contributed by atoms with van der Waals surface area (Å²) in [6.07, 6.45) is 5.99. The summed E-state index contributed by atoms with van der Waals surface area (Å²) < 4.78 is 23.0. The molecule has 0 saturated heterocycles. The van der Waals surface area contributed by atoms with E-state index in [9.17, 15) is 8.42 Å². The van der Waals surface area contributed by atoms with Crippen LogP contribution in [0.5, 0.6) is 0 Å². The van der Waals surface area contributed by atoms with Crippen LogP contribution in [0.2, 0.25) is 0 Å². The highest BCUT2D eigenvalue weighted by molar-refractivity contribution is 7.91. The average molecular weight is 217 g/mol. The summed E-state index contributed by atoms with van der Waals surface area (Å²) >= 11 is 0. The summed E-state index contributed by atoms with van der Waals surface area (Å²) in [5.41, 5.74) is 5.85. The second-order valence-corrected chi connectivity index (χ2v) is 7.34. The fraction of sp³-hybridized carbons (Fsp3) is 1.00. The minimum absolute atomic E-state index is 0.372. The zero-order valence-corrected chi connectivity index (χ0v) is 9.68. The molecule has 0 spiro atoms. The van der Waals surface area contributed by atoms with Crippen molar-refractivity contribution in [3.8, 4) is 0 Å². The van der Waals surface area contributed by atoms with Crippen LogP contribution in [0.4, 0.5) is 0 Å². The predicted molar refractivity (Wildman–Crippen MR) is 56.7 cm³/mol. The highest BCUT2D eigenvalue weighted by Crippen LogP contribution is 2.59.